The number of nitrogens with zero attached hydrogens (tertiary/aromatic N) is 2. The molecule has 1 heterocycles. The lowest BCUT2D eigenvalue weighted by atomic mass is 10.1. The first-order valence-electron chi connectivity index (χ1n) is 9.39. The molecule has 9 heteroatoms. The first kappa shape index (κ1) is 22.0. The summed E-state index contributed by atoms with van der Waals surface area (Å²) in [7, 11) is 0. The number of anilines is 1. The molecule has 1 aliphatic heterocycles. The van der Waals surface area contributed by atoms with E-state index in [1.54, 1.807) is 21.9 Å². The van der Waals surface area contributed by atoms with Gasteiger partial charge in [-0.3, -0.25) is 4.79 Å². The van der Waals surface area contributed by atoms with E-state index in [1.165, 1.54) is 12.1 Å². The van der Waals surface area contributed by atoms with Crippen molar-refractivity contribution in [3.8, 4) is 0 Å². The molecule has 3 amide bonds. The fourth-order valence-electron chi connectivity index (χ4n) is 3.13. The molecule has 160 valence electrons. The van der Waals surface area contributed by atoms with Gasteiger partial charge >= 0.3 is 12.2 Å². The molecule has 0 bridgehead atoms. The van der Waals surface area contributed by atoms with E-state index in [0.717, 1.165) is 17.7 Å². The van der Waals surface area contributed by atoms with Crippen LogP contribution in [0.15, 0.2) is 42.5 Å². The Morgan fingerprint density at radius 3 is 2.17 bits per heavy atom. The summed E-state index contributed by atoms with van der Waals surface area (Å²) in [6.07, 6.45) is -4.38. The van der Waals surface area contributed by atoms with E-state index in [9.17, 15) is 22.8 Å². The van der Waals surface area contributed by atoms with E-state index in [0.29, 0.717) is 42.5 Å². The average Bonchev–Trinajstić information content (AvgIpc) is 2.70. The second-order valence-electron chi connectivity index (χ2n) is 7.13. The predicted molar refractivity (Wildman–Crippen MR) is 109 cm³/mol. The minimum atomic E-state index is -4.40. The van der Waals surface area contributed by atoms with Gasteiger partial charge in [0.15, 0.2) is 0 Å². The summed E-state index contributed by atoms with van der Waals surface area (Å²) < 4.78 is 37.9. The van der Waals surface area contributed by atoms with Gasteiger partial charge in [0.1, 0.15) is 0 Å². The lowest BCUT2D eigenvalue weighted by Crippen LogP contribution is -2.52. The second-order valence-corrected chi connectivity index (χ2v) is 7.54. The SMILES string of the molecule is Cc1ccc(NC(=O)N2CCN(C(=O)Cc3ccc(C(F)(F)F)cc3)CC2)cc1Cl. The van der Waals surface area contributed by atoms with Gasteiger partial charge in [-0.1, -0.05) is 29.8 Å². The molecular weight excluding hydrogens is 419 g/mol. The van der Waals surface area contributed by atoms with E-state index in [-0.39, 0.29) is 18.4 Å². The normalized spacial score (nSPS) is 14.6. The maximum atomic E-state index is 12.6. The Morgan fingerprint density at radius 1 is 1.00 bits per heavy atom. The molecule has 1 saturated heterocycles. The quantitative estimate of drug-likeness (QED) is 0.760. The molecule has 0 atom stereocenters. The van der Waals surface area contributed by atoms with Crippen LogP contribution in [-0.2, 0) is 17.4 Å². The van der Waals surface area contributed by atoms with Crippen LogP contribution < -0.4 is 5.32 Å². The number of urea groups is 1. The average molecular weight is 440 g/mol. The van der Waals surface area contributed by atoms with Gasteiger partial charge in [0, 0.05) is 36.9 Å². The van der Waals surface area contributed by atoms with Crippen LogP contribution in [-0.4, -0.2) is 47.9 Å². The fourth-order valence-corrected chi connectivity index (χ4v) is 3.31. The van der Waals surface area contributed by atoms with Gasteiger partial charge in [-0.25, -0.2) is 4.79 Å². The third-order valence-corrected chi connectivity index (χ3v) is 5.39. The number of alkyl halides is 3. The van der Waals surface area contributed by atoms with Gasteiger partial charge in [-0.05, 0) is 42.3 Å². The molecule has 0 spiro atoms. The molecule has 2 aromatic carbocycles. The van der Waals surface area contributed by atoms with E-state index in [4.69, 9.17) is 11.6 Å². The molecule has 0 aliphatic carbocycles. The van der Waals surface area contributed by atoms with Crippen LogP contribution in [0, 0.1) is 6.92 Å². The van der Waals surface area contributed by atoms with Crippen LogP contribution >= 0.6 is 11.6 Å². The Kier molecular flexibility index (Phi) is 6.55. The Labute approximate surface area is 177 Å². The summed E-state index contributed by atoms with van der Waals surface area (Å²) in [4.78, 5) is 28.1. The Bertz CT molecular complexity index is 924. The zero-order valence-electron chi connectivity index (χ0n) is 16.3. The highest BCUT2D eigenvalue weighted by molar-refractivity contribution is 6.31. The summed E-state index contributed by atoms with van der Waals surface area (Å²) in [6.45, 7) is 3.33. The standard InChI is InChI=1S/C21H21ClF3N3O2/c1-14-2-7-17(13-18(14)22)26-20(30)28-10-8-27(9-11-28)19(29)12-15-3-5-16(6-4-15)21(23,24)25/h2-7,13H,8-12H2,1H3,(H,26,30). The highest BCUT2D eigenvalue weighted by Gasteiger charge is 2.30. The lowest BCUT2D eigenvalue weighted by Gasteiger charge is -2.34. The molecule has 2 aromatic rings. The van der Waals surface area contributed by atoms with Crippen molar-refractivity contribution in [2.45, 2.75) is 19.5 Å². The van der Waals surface area contributed by atoms with Crippen molar-refractivity contribution < 1.29 is 22.8 Å². The van der Waals surface area contributed by atoms with Crippen LogP contribution in [0.2, 0.25) is 5.02 Å². The summed E-state index contributed by atoms with van der Waals surface area (Å²) in [5.41, 5.74) is 1.28. The predicted octanol–water partition coefficient (Wildman–Crippen LogP) is 4.59. The first-order valence-corrected chi connectivity index (χ1v) is 9.77. The second kappa shape index (κ2) is 8.95. The van der Waals surface area contributed by atoms with E-state index < -0.39 is 11.7 Å². The topological polar surface area (TPSA) is 52.7 Å². The van der Waals surface area contributed by atoms with Crippen molar-refractivity contribution >= 4 is 29.2 Å². The minimum absolute atomic E-state index is 0.0200. The Morgan fingerprint density at radius 2 is 1.60 bits per heavy atom. The summed E-state index contributed by atoms with van der Waals surface area (Å²) in [5.74, 6) is -0.180. The number of aryl methyl sites for hydroxylation is 1. The van der Waals surface area contributed by atoms with Crippen LogP contribution in [0.4, 0.5) is 23.7 Å². The van der Waals surface area contributed by atoms with Gasteiger partial charge in [0.25, 0.3) is 0 Å². The number of carbonyl (C=O) groups is 2. The highest BCUT2D eigenvalue weighted by Crippen LogP contribution is 2.29. The van der Waals surface area contributed by atoms with Crippen molar-refractivity contribution in [2.75, 3.05) is 31.5 Å². The molecule has 1 aliphatic rings. The van der Waals surface area contributed by atoms with E-state index in [1.807, 2.05) is 13.0 Å². The molecular formula is C21H21ClF3N3O2. The summed E-state index contributed by atoms with van der Waals surface area (Å²) >= 11 is 6.07. The number of nitrogens with one attached hydrogen (secondary N) is 1. The number of piperazine rings is 1. The number of halogens is 4. The molecule has 5 nitrogen and oxygen atoms in total. The molecule has 0 saturated carbocycles. The highest BCUT2D eigenvalue weighted by atomic mass is 35.5. The van der Waals surface area contributed by atoms with Gasteiger partial charge in [-0.15, -0.1) is 0 Å². The van der Waals surface area contributed by atoms with Gasteiger partial charge in [-0.2, -0.15) is 13.2 Å². The number of carbonyl (C=O) groups excluding carboxylic acids is 2. The van der Waals surface area contributed by atoms with Crippen molar-refractivity contribution in [3.05, 3.63) is 64.2 Å². The van der Waals surface area contributed by atoms with Crippen molar-refractivity contribution in [2.24, 2.45) is 0 Å². The zero-order chi connectivity index (χ0) is 21.9. The van der Waals surface area contributed by atoms with Crippen LogP contribution in [0.5, 0.6) is 0 Å². The number of benzene rings is 2. The van der Waals surface area contributed by atoms with Crippen LogP contribution in [0.1, 0.15) is 16.7 Å². The smallest absolute Gasteiger partial charge is 0.339 e. The number of rotatable bonds is 3. The van der Waals surface area contributed by atoms with Crippen molar-refractivity contribution in [1.82, 2.24) is 9.80 Å². The zero-order valence-corrected chi connectivity index (χ0v) is 17.1. The lowest BCUT2D eigenvalue weighted by molar-refractivity contribution is -0.137. The first-order chi connectivity index (χ1) is 14.1. The monoisotopic (exact) mass is 439 g/mol. The molecule has 30 heavy (non-hydrogen) atoms. The Hall–Kier alpha value is -2.74. The van der Waals surface area contributed by atoms with Crippen LogP contribution in [0.3, 0.4) is 0 Å². The fraction of sp³-hybridized carbons (Fsp3) is 0.333. The van der Waals surface area contributed by atoms with Gasteiger partial charge in [0.2, 0.25) is 5.91 Å². The Balaban J connectivity index is 1.50. The van der Waals surface area contributed by atoms with E-state index >= 15 is 0 Å². The maximum absolute atomic E-state index is 12.6. The van der Waals surface area contributed by atoms with Crippen molar-refractivity contribution in [1.29, 1.82) is 0 Å². The van der Waals surface area contributed by atoms with Crippen molar-refractivity contribution in [3.63, 3.8) is 0 Å². The van der Waals surface area contributed by atoms with Gasteiger partial charge < -0.3 is 15.1 Å². The third kappa shape index (κ3) is 5.44. The molecule has 3 rings (SSSR count). The van der Waals surface area contributed by atoms with E-state index in [2.05, 4.69) is 5.32 Å². The molecule has 0 radical (unpaired) electrons. The largest absolute Gasteiger partial charge is 0.416 e. The summed E-state index contributed by atoms with van der Waals surface area (Å²) in [5, 5.41) is 3.35. The molecule has 0 unspecified atom stereocenters. The number of hydrogen-bond donors (Lipinski definition) is 1. The van der Waals surface area contributed by atoms with Gasteiger partial charge in [0.05, 0.1) is 12.0 Å². The molecule has 0 aromatic heterocycles. The number of hydrogen-bond acceptors (Lipinski definition) is 2. The third-order valence-electron chi connectivity index (χ3n) is 4.98. The van der Waals surface area contributed by atoms with Crippen LogP contribution in [0.25, 0.3) is 0 Å². The minimum Gasteiger partial charge on any atom is -0.339 e. The summed E-state index contributed by atoms with van der Waals surface area (Å²) in [6, 6.07) is 9.57. The molecule has 1 fully saturated rings. The maximum Gasteiger partial charge on any atom is 0.416 e. The number of amides is 3. The molecule has 1 N–H and O–H groups in total.